The summed E-state index contributed by atoms with van der Waals surface area (Å²) in [5.41, 5.74) is 2.23. The molecule has 0 saturated heterocycles. The third-order valence-electron chi connectivity index (χ3n) is 2.52. The van der Waals surface area contributed by atoms with Crippen LogP contribution >= 0.6 is 0 Å². The fraction of sp³-hybridized carbons (Fsp3) is 0.500. The number of nitrogens with one attached hydrogen (secondary N) is 1. The summed E-state index contributed by atoms with van der Waals surface area (Å²) in [7, 11) is 1.91. The third-order valence-corrected chi connectivity index (χ3v) is 2.52. The molecule has 0 atom stereocenters. The molecule has 17 heavy (non-hydrogen) atoms. The van der Waals surface area contributed by atoms with E-state index in [1.165, 1.54) is 5.56 Å². The van der Waals surface area contributed by atoms with Crippen molar-refractivity contribution >= 4 is 5.69 Å². The summed E-state index contributed by atoms with van der Waals surface area (Å²) < 4.78 is 3.76. The number of aromatic nitrogens is 4. The van der Waals surface area contributed by atoms with E-state index in [9.17, 15) is 0 Å². The van der Waals surface area contributed by atoms with Crippen LogP contribution in [-0.2, 0) is 19.1 Å². The molecule has 0 spiro atoms. The van der Waals surface area contributed by atoms with E-state index in [0.717, 1.165) is 12.2 Å². The summed E-state index contributed by atoms with van der Waals surface area (Å²) in [6.07, 6.45) is 7.74. The van der Waals surface area contributed by atoms with Crippen LogP contribution in [0.5, 0.6) is 0 Å². The van der Waals surface area contributed by atoms with Crippen molar-refractivity contribution in [2.45, 2.75) is 32.9 Å². The molecular weight excluding hydrogens is 214 g/mol. The van der Waals surface area contributed by atoms with Crippen molar-refractivity contribution in [2.24, 2.45) is 7.05 Å². The number of hydrogen-bond donors (Lipinski definition) is 1. The van der Waals surface area contributed by atoms with Gasteiger partial charge in [0, 0.05) is 31.5 Å². The molecule has 0 saturated carbocycles. The molecule has 2 heterocycles. The first-order chi connectivity index (χ1) is 7.95. The van der Waals surface area contributed by atoms with Crippen LogP contribution in [0.15, 0.2) is 24.8 Å². The lowest BCUT2D eigenvalue weighted by molar-refractivity contribution is 0.355. The van der Waals surface area contributed by atoms with Gasteiger partial charge in [0.15, 0.2) is 0 Å². The van der Waals surface area contributed by atoms with Crippen LogP contribution in [-0.4, -0.2) is 19.6 Å². The molecule has 0 unspecified atom stereocenters. The lowest BCUT2D eigenvalue weighted by atomic mass is 10.1. The van der Waals surface area contributed by atoms with Gasteiger partial charge in [-0.15, -0.1) is 0 Å². The van der Waals surface area contributed by atoms with Crippen LogP contribution in [0.25, 0.3) is 0 Å². The Morgan fingerprint density at radius 2 is 1.94 bits per heavy atom. The minimum Gasteiger partial charge on any atom is -0.378 e. The van der Waals surface area contributed by atoms with E-state index in [0.29, 0.717) is 0 Å². The van der Waals surface area contributed by atoms with Crippen LogP contribution in [0.2, 0.25) is 0 Å². The minimum absolute atomic E-state index is 0.0343. The fourth-order valence-electron chi connectivity index (χ4n) is 1.53. The average Bonchev–Trinajstić information content (AvgIpc) is 2.82. The molecule has 1 N–H and O–H groups in total. The van der Waals surface area contributed by atoms with Gasteiger partial charge < -0.3 is 5.32 Å². The summed E-state index contributed by atoms with van der Waals surface area (Å²) in [5.74, 6) is 0. The summed E-state index contributed by atoms with van der Waals surface area (Å²) >= 11 is 0. The molecule has 2 aromatic rings. The van der Waals surface area contributed by atoms with Gasteiger partial charge in [-0.05, 0) is 20.8 Å². The first-order valence-electron chi connectivity index (χ1n) is 5.72. The molecular formula is C12H19N5. The molecule has 0 aliphatic carbocycles. The van der Waals surface area contributed by atoms with Gasteiger partial charge in [-0.1, -0.05) is 0 Å². The highest BCUT2D eigenvalue weighted by Gasteiger charge is 2.13. The Morgan fingerprint density at radius 1 is 1.18 bits per heavy atom. The van der Waals surface area contributed by atoms with Crippen molar-refractivity contribution in [3.05, 3.63) is 30.4 Å². The maximum atomic E-state index is 4.36. The van der Waals surface area contributed by atoms with E-state index in [2.05, 4.69) is 42.5 Å². The average molecular weight is 233 g/mol. The highest BCUT2D eigenvalue weighted by Crippen LogP contribution is 2.14. The van der Waals surface area contributed by atoms with Crippen molar-refractivity contribution in [3.8, 4) is 0 Å². The molecule has 92 valence electrons. The van der Waals surface area contributed by atoms with E-state index in [-0.39, 0.29) is 5.54 Å². The number of hydrogen-bond acceptors (Lipinski definition) is 3. The van der Waals surface area contributed by atoms with Crippen molar-refractivity contribution in [1.82, 2.24) is 19.6 Å². The van der Waals surface area contributed by atoms with Gasteiger partial charge in [0.2, 0.25) is 0 Å². The van der Waals surface area contributed by atoms with Crippen molar-refractivity contribution < 1.29 is 0 Å². The Kier molecular flexibility index (Phi) is 2.92. The molecule has 5 nitrogen and oxygen atoms in total. The van der Waals surface area contributed by atoms with E-state index >= 15 is 0 Å². The van der Waals surface area contributed by atoms with Gasteiger partial charge in [-0.2, -0.15) is 10.2 Å². The largest absolute Gasteiger partial charge is 0.378 e. The quantitative estimate of drug-likeness (QED) is 0.882. The highest BCUT2D eigenvalue weighted by atomic mass is 15.3. The predicted octanol–water partition coefficient (Wildman–Crippen LogP) is 1.98. The van der Waals surface area contributed by atoms with Crippen LogP contribution in [0.4, 0.5) is 5.69 Å². The van der Waals surface area contributed by atoms with E-state index in [4.69, 9.17) is 0 Å². The van der Waals surface area contributed by atoms with Crippen LogP contribution in [0, 0.1) is 0 Å². The lowest BCUT2D eigenvalue weighted by Crippen LogP contribution is -2.21. The zero-order valence-corrected chi connectivity index (χ0v) is 10.8. The number of rotatable bonds is 3. The summed E-state index contributed by atoms with van der Waals surface area (Å²) in [5, 5.41) is 11.8. The van der Waals surface area contributed by atoms with Gasteiger partial charge >= 0.3 is 0 Å². The third kappa shape index (κ3) is 2.87. The summed E-state index contributed by atoms with van der Waals surface area (Å²) in [6, 6.07) is 0. The maximum Gasteiger partial charge on any atom is 0.0729 e. The molecule has 5 heteroatoms. The molecule has 0 radical (unpaired) electrons. The second kappa shape index (κ2) is 4.24. The Hall–Kier alpha value is -1.78. The van der Waals surface area contributed by atoms with Gasteiger partial charge in [0.25, 0.3) is 0 Å². The normalized spacial score (nSPS) is 11.8. The Morgan fingerprint density at radius 3 is 2.47 bits per heavy atom. The zero-order valence-electron chi connectivity index (χ0n) is 10.8. The Labute approximate surface area is 101 Å². The summed E-state index contributed by atoms with van der Waals surface area (Å²) in [6.45, 7) is 7.18. The first-order valence-corrected chi connectivity index (χ1v) is 5.72. The maximum absolute atomic E-state index is 4.36. The SMILES string of the molecule is Cn1cc(NCc2cnn(C(C)(C)C)c2)cn1. The van der Waals surface area contributed by atoms with Gasteiger partial charge in [-0.3, -0.25) is 9.36 Å². The van der Waals surface area contributed by atoms with Gasteiger partial charge in [-0.25, -0.2) is 0 Å². The predicted molar refractivity (Wildman–Crippen MR) is 67.8 cm³/mol. The number of nitrogens with zero attached hydrogens (tertiary/aromatic N) is 4. The van der Waals surface area contributed by atoms with E-state index in [1.807, 2.05) is 30.3 Å². The Balaban J connectivity index is 1.98. The van der Waals surface area contributed by atoms with Crippen LogP contribution in [0.1, 0.15) is 26.3 Å². The van der Waals surface area contributed by atoms with Gasteiger partial charge in [0.1, 0.15) is 0 Å². The molecule has 0 aromatic carbocycles. The second-order valence-corrected chi connectivity index (χ2v) is 5.22. The second-order valence-electron chi connectivity index (χ2n) is 5.22. The molecule has 2 rings (SSSR count). The minimum atomic E-state index is 0.0343. The molecule has 0 aliphatic rings. The smallest absolute Gasteiger partial charge is 0.0729 e. The number of aryl methyl sites for hydroxylation is 1. The van der Waals surface area contributed by atoms with Crippen molar-refractivity contribution in [3.63, 3.8) is 0 Å². The molecule has 0 bridgehead atoms. The topological polar surface area (TPSA) is 47.7 Å². The molecule has 2 aromatic heterocycles. The lowest BCUT2D eigenvalue weighted by Gasteiger charge is -2.18. The standard InChI is InChI=1S/C12H19N5/c1-12(2,3)17-8-10(6-15-17)5-13-11-7-14-16(4)9-11/h6-9,13H,5H2,1-4H3. The summed E-state index contributed by atoms with van der Waals surface area (Å²) in [4.78, 5) is 0. The first kappa shape index (κ1) is 11.7. The molecule has 0 fully saturated rings. The fourth-order valence-corrected chi connectivity index (χ4v) is 1.53. The van der Waals surface area contributed by atoms with Crippen LogP contribution < -0.4 is 5.32 Å². The Bertz CT molecular complexity index is 489. The molecule has 0 amide bonds. The van der Waals surface area contributed by atoms with Crippen molar-refractivity contribution in [1.29, 1.82) is 0 Å². The van der Waals surface area contributed by atoms with Crippen molar-refractivity contribution in [2.75, 3.05) is 5.32 Å². The highest BCUT2D eigenvalue weighted by molar-refractivity contribution is 5.38. The van der Waals surface area contributed by atoms with Crippen LogP contribution in [0.3, 0.4) is 0 Å². The molecule has 0 aliphatic heterocycles. The monoisotopic (exact) mass is 233 g/mol. The zero-order chi connectivity index (χ0) is 12.5. The number of anilines is 1. The van der Waals surface area contributed by atoms with E-state index < -0.39 is 0 Å². The van der Waals surface area contributed by atoms with Gasteiger partial charge in [0.05, 0.1) is 23.6 Å². The van der Waals surface area contributed by atoms with E-state index in [1.54, 1.807) is 4.68 Å².